The lowest BCUT2D eigenvalue weighted by Crippen LogP contribution is -3.11. The van der Waals surface area contributed by atoms with E-state index in [1.165, 1.54) is 12.8 Å². The van der Waals surface area contributed by atoms with E-state index in [2.05, 4.69) is 15.7 Å². The largest absolute Gasteiger partial charge is 0.322 e. The molecule has 27 heavy (non-hydrogen) atoms. The number of halogens is 1. The number of anilines is 2. The van der Waals surface area contributed by atoms with Crippen molar-refractivity contribution in [1.82, 2.24) is 9.78 Å². The minimum Gasteiger partial charge on any atom is -0.322 e. The van der Waals surface area contributed by atoms with Crippen molar-refractivity contribution in [3.05, 3.63) is 41.6 Å². The zero-order valence-electron chi connectivity index (χ0n) is 15.4. The van der Waals surface area contributed by atoms with E-state index in [0.29, 0.717) is 16.8 Å². The predicted molar refractivity (Wildman–Crippen MR) is 105 cm³/mol. The average Bonchev–Trinajstić information content (AvgIpc) is 3.27. The highest BCUT2D eigenvalue weighted by Gasteiger charge is 2.21. The lowest BCUT2D eigenvalue weighted by atomic mass is 10.2. The van der Waals surface area contributed by atoms with E-state index in [0.717, 1.165) is 23.6 Å². The monoisotopic (exact) mass is 390 g/mol. The molecule has 1 heterocycles. The van der Waals surface area contributed by atoms with Crippen LogP contribution < -0.4 is 15.5 Å². The fourth-order valence-corrected chi connectivity index (χ4v) is 3.52. The summed E-state index contributed by atoms with van der Waals surface area (Å²) in [5.74, 6) is 0.440. The van der Waals surface area contributed by atoms with Crippen molar-refractivity contribution in [2.75, 3.05) is 30.8 Å². The van der Waals surface area contributed by atoms with Gasteiger partial charge in [0.25, 0.3) is 11.8 Å². The molecule has 0 aliphatic heterocycles. The molecule has 0 spiro atoms. The Kier molecular flexibility index (Phi) is 6.47. The van der Waals surface area contributed by atoms with Gasteiger partial charge in [-0.15, -0.1) is 0 Å². The van der Waals surface area contributed by atoms with Gasteiger partial charge in [0.05, 0.1) is 19.3 Å². The topological polar surface area (TPSA) is 80.5 Å². The van der Waals surface area contributed by atoms with Gasteiger partial charge in [0.2, 0.25) is 0 Å². The quantitative estimate of drug-likeness (QED) is 0.673. The van der Waals surface area contributed by atoms with Gasteiger partial charge in [-0.3, -0.25) is 9.59 Å². The Morgan fingerprint density at radius 2 is 1.74 bits per heavy atom. The number of nitrogens with one attached hydrogen (secondary N) is 3. The standard InChI is InChI=1S/C19H24ClN5O2/c1-24(12-18(26)22-15-8-6-14(20)7-9-15)13-19(27)23-17-10-11-21-25(17)16-4-2-3-5-16/h6-11,16H,2-5,12-13H2,1H3,(H,22,26)(H,23,27)/p+1. The molecule has 1 aliphatic rings. The van der Waals surface area contributed by atoms with Crippen LogP contribution in [0.2, 0.25) is 5.02 Å². The van der Waals surface area contributed by atoms with Gasteiger partial charge >= 0.3 is 0 Å². The molecule has 1 aromatic heterocycles. The van der Waals surface area contributed by atoms with Crippen molar-refractivity contribution in [3.63, 3.8) is 0 Å². The molecule has 2 aromatic rings. The summed E-state index contributed by atoms with van der Waals surface area (Å²) >= 11 is 5.83. The molecule has 0 bridgehead atoms. The van der Waals surface area contributed by atoms with E-state index in [1.54, 1.807) is 30.5 Å². The Labute approximate surface area is 163 Å². The van der Waals surface area contributed by atoms with Crippen LogP contribution in [0.25, 0.3) is 0 Å². The minimum absolute atomic E-state index is 0.133. The number of hydrogen-bond acceptors (Lipinski definition) is 3. The van der Waals surface area contributed by atoms with E-state index in [4.69, 9.17) is 11.6 Å². The first-order chi connectivity index (χ1) is 13.0. The lowest BCUT2D eigenvalue weighted by Gasteiger charge is -2.16. The number of hydrogen-bond donors (Lipinski definition) is 3. The van der Waals surface area contributed by atoms with E-state index >= 15 is 0 Å². The Morgan fingerprint density at radius 3 is 2.41 bits per heavy atom. The summed E-state index contributed by atoms with van der Waals surface area (Å²) in [4.78, 5) is 25.3. The highest BCUT2D eigenvalue weighted by molar-refractivity contribution is 6.30. The molecular weight excluding hydrogens is 366 g/mol. The van der Waals surface area contributed by atoms with Gasteiger partial charge in [0, 0.05) is 16.8 Å². The first-order valence-electron chi connectivity index (χ1n) is 9.21. The highest BCUT2D eigenvalue weighted by Crippen LogP contribution is 2.31. The first kappa shape index (κ1) is 19.4. The van der Waals surface area contributed by atoms with Gasteiger partial charge in [0.1, 0.15) is 5.82 Å². The van der Waals surface area contributed by atoms with Crippen LogP contribution >= 0.6 is 11.6 Å². The summed E-state index contributed by atoms with van der Waals surface area (Å²) in [7, 11) is 1.81. The summed E-state index contributed by atoms with van der Waals surface area (Å²) in [5.41, 5.74) is 0.683. The molecule has 1 saturated carbocycles. The summed E-state index contributed by atoms with van der Waals surface area (Å²) in [5, 5.41) is 10.7. The molecule has 1 atom stereocenters. The maximum Gasteiger partial charge on any atom is 0.280 e. The van der Waals surface area contributed by atoms with E-state index in [1.807, 2.05) is 17.8 Å². The number of aromatic nitrogens is 2. The third-order valence-electron chi connectivity index (χ3n) is 4.66. The van der Waals surface area contributed by atoms with Gasteiger partial charge in [-0.05, 0) is 37.1 Å². The van der Waals surface area contributed by atoms with E-state index < -0.39 is 0 Å². The normalized spacial score (nSPS) is 15.5. The zero-order chi connectivity index (χ0) is 19.2. The van der Waals surface area contributed by atoms with Gasteiger partial charge in [-0.25, -0.2) is 4.68 Å². The van der Waals surface area contributed by atoms with Crippen LogP contribution in [-0.4, -0.2) is 41.7 Å². The number of benzene rings is 1. The van der Waals surface area contributed by atoms with Crippen LogP contribution in [0.1, 0.15) is 31.7 Å². The van der Waals surface area contributed by atoms with Gasteiger partial charge in [-0.2, -0.15) is 5.10 Å². The van der Waals surface area contributed by atoms with Crippen molar-refractivity contribution < 1.29 is 14.5 Å². The molecule has 7 nitrogen and oxygen atoms in total. The summed E-state index contributed by atoms with van der Waals surface area (Å²) < 4.78 is 1.91. The predicted octanol–water partition coefficient (Wildman–Crippen LogP) is 1.74. The SMILES string of the molecule is C[NH+](CC(=O)Nc1ccc(Cl)cc1)CC(=O)Nc1ccnn1C1CCCC1. The number of nitrogens with zero attached hydrogens (tertiary/aromatic N) is 2. The first-order valence-corrected chi connectivity index (χ1v) is 9.59. The Morgan fingerprint density at radius 1 is 1.11 bits per heavy atom. The van der Waals surface area contributed by atoms with Crippen LogP contribution in [0.15, 0.2) is 36.5 Å². The number of rotatable bonds is 7. The smallest absolute Gasteiger partial charge is 0.280 e. The summed E-state index contributed by atoms with van der Waals surface area (Å²) in [6.45, 7) is 0.391. The maximum absolute atomic E-state index is 12.3. The zero-order valence-corrected chi connectivity index (χ0v) is 16.1. The number of carbonyl (C=O) groups excluding carboxylic acids is 2. The van der Waals surface area contributed by atoms with Crippen LogP contribution in [-0.2, 0) is 9.59 Å². The van der Waals surface area contributed by atoms with Crippen LogP contribution in [0.3, 0.4) is 0 Å². The van der Waals surface area contributed by atoms with Crippen molar-refractivity contribution in [3.8, 4) is 0 Å². The molecule has 144 valence electrons. The number of amides is 2. The third kappa shape index (κ3) is 5.55. The molecule has 3 rings (SSSR count). The Balaban J connectivity index is 1.47. The molecule has 1 aromatic carbocycles. The van der Waals surface area contributed by atoms with Crippen LogP contribution in [0.4, 0.5) is 11.5 Å². The fourth-order valence-electron chi connectivity index (χ4n) is 3.39. The average molecular weight is 391 g/mol. The van der Waals surface area contributed by atoms with Crippen LogP contribution in [0, 0.1) is 0 Å². The number of carbonyl (C=O) groups is 2. The van der Waals surface area contributed by atoms with Gasteiger partial charge in [0.15, 0.2) is 13.1 Å². The summed E-state index contributed by atoms with van der Waals surface area (Å²) in [6, 6.07) is 9.10. The number of quaternary nitrogens is 1. The molecule has 2 amide bonds. The molecule has 1 fully saturated rings. The third-order valence-corrected chi connectivity index (χ3v) is 4.91. The molecule has 3 N–H and O–H groups in total. The molecular formula is C19H25ClN5O2+. The van der Waals surface area contributed by atoms with Crippen LogP contribution in [0.5, 0.6) is 0 Å². The lowest BCUT2D eigenvalue weighted by molar-refractivity contribution is -0.862. The van der Waals surface area contributed by atoms with Crippen molar-refractivity contribution >= 4 is 34.9 Å². The second-order valence-electron chi connectivity index (χ2n) is 7.01. The maximum atomic E-state index is 12.3. The van der Waals surface area contributed by atoms with E-state index in [9.17, 15) is 9.59 Å². The number of likely N-dealkylation sites (N-methyl/N-ethyl adjacent to an activating group) is 1. The molecule has 8 heteroatoms. The summed E-state index contributed by atoms with van der Waals surface area (Å²) in [6.07, 6.45) is 6.31. The minimum atomic E-state index is -0.154. The van der Waals surface area contributed by atoms with Gasteiger partial charge < -0.3 is 15.5 Å². The highest BCUT2D eigenvalue weighted by atomic mass is 35.5. The molecule has 0 saturated heterocycles. The Hall–Kier alpha value is -2.38. The molecule has 0 radical (unpaired) electrons. The second kappa shape index (κ2) is 9.01. The van der Waals surface area contributed by atoms with Crippen molar-refractivity contribution in [2.24, 2.45) is 0 Å². The molecule has 1 unspecified atom stereocenters. The van der Waals surface area contributed by atoms with E-state index in [-0.39, 0.29) is 24.9 Å². The molecule has 1 aliphatic carbocycles. The second-order valence-corrected chi connectivity index (χ2v) is 7.45. The fraction of sp³-hybridized carbons (Fsp3) is 0.421. The Bertz CT molecular complexity index is 784. The van der Waals surface area contributed by atoms with Gasteiger partial charge in [-0.1, -0.05) is 24.4 Å². The van der Waals surface area contributed by atoms with Crippen molar-refractivity contribution in [2.45, 2.75) is 31.7 Å². The van der Waals surface area contributed by atoms with Crippen molar-refractivity contribution in [1.29, 1.82) is 0 Å².